The summed E-state index contributed by atoms with van der Waals surface area (Å²) in [5.41, 5.74) is 5.04. The van der Waals surface area contributed by atoms with E-state index in [1.807, 2.05) is 60.7 Å². The Morgan fingerprint density at radius 2 is 1.64 bits per heavy atom. The SMILES string of the molecule is CCOC(=O)C1=C(c2ccccc2)N=c2s/c(=C/c3ccc4c(c3)Sc3ccccc3N4C)c(=O)n2[C@@H]1c1ccc(OC)c(OC)c1. The molecule has 5 aromatic rings. The van der Waals surface area contributed by atoms with E-state index < -0.39 is 12.0 Å². The Morgan fingerprint density at radius 1 is 0.894 bits per heavy atom. The Kier molecular flexibility index (Phi) is 8.21. The molecule has 236 valence electrons. The Hall–Kier alpha value is -5.06. The van der Waals surface area contributed by atoms with Gasteiger partial charge in [0, 0.05) is 22.4 Å². The van der Waals surface area contributed by atoms with Crippen molar-refractivity contribution in [2.75, 3.05) is 32.8 Å². The number of hydrogen-bond donors (Lipinski definition) is 0. The molecule has 1 atom stereocenters. The first-order chi connectivity index (χ1) is 22.9. The summed E-state index contributed by atoms with van der Waals surface area (Å²) < 4.78 is 18.8. The van der Waals surface area contributed by atoms with Gasteiger partial charge in [0.2, 0.25) is 0 Å². The number of esters is 1. The first-order valence-corrected chi connectivity index (χ1v) is 16.7. The molecule has 0 aliphatic carbocycles. The number of aromatic nitrogens is 1. The van der Waals surface area contributed by atoms with E-state index in [2.05, 4.69) is 36.2 Å². The number of nitrogens with zero attached hydrogens (tertiary/aromatic N) is 3. The smallest absolute Gasteiger partial charge is 0.338 e. The fraction of sp³-hybridized carbons (Fsp3) is 0.162. The van der Waals surface area contributed by atoms with Gasteiger partial charge in [0.05, 0.1) is 54.0 Å². The van der Waals surface area contributed by atoms with E-state index in [1.165, 1.54) is 16.2 Å². The van der Waals surface area contributed by atoms with Gasteiger partial charge in [-0.3, -0.25) is 9.36 Å². The number of ether oxygens (including phenoxy) is 3. The predicted molar refractivity (Wildman–Crippen MR) is 186 cm³/mol. The lowest BCUT2D eigenvalue weighted by molar-refractivity contribution is -0.138. The summed E-state index contributed by atoms with van der Waals surface area (Å²) in [6.45, 7) is 1.93. The molecule has 2 aliphatic rings. The maximum absolute atomic E-state index is 14.4. The molecule has 8 nitrogen and oxygen atoms in total. The molecule has 1 aromatic heterocycles. The number of hydrogen-bond acceptors (Lipinski definition) is 9. The minimum Gasteiger partial charge on any atom is -0.493 e. The highest BCUT2D eigenvalue weighted by molar-refractivity contribution is 7.99. The third kappa shape index (κ3) is 5.43. The zero-order valence-corrected chi connectivity index (χ0v) is 27.9. The van der Waals surface area contributed by atoms with Crippen molar-refractivity contribution >= 4 is 52.2 Å². The Labute approximate surface area is 279 Å². The third-order valence-electron chi connectivity index (χ3n) is 8.19. The van der Waals surface area contributed by atoms with Crippen molar-refractivity contribution in [3.8, 4) is 11.5 Å². The summed E-state index contributed by atoms with van der Waals surface area (Å²) in [6.07, 6.45) is 1.90. The lowest BCUT2D eigenvalue weighted by Crippen LogP contribution is -2.40. The van der Waals surface area contributed by atoms with Crippen molar-refractivity contribution < 1.29 is 19.0 Å². The van der Waals surface area contributed by atoms with Crippen LogP contribution in [0, 0.1) is 0 Å². The van der Waals surface area contributed by atoms with Gasteiger partial charge in [0.1, 0.15) is 0 Å². The quantitative estimate of drug-likeness (QED) is 0.193. The van der Waals surface area contributed by atoms with E-state index in [0.29, 0.717) is 32.1 Å². The highest BCUT2D eigenvalue weighted by Gasteiger charge is 2.35. The molecule has 0 bridgehead atoms. The number of carbonyl (C=O) groups excluding carboxylic acids is 1. The Morgan fingerprint density at radius 3 is 2.40 bits per heavy atom. The largest absolute Gasteiger partial charge is 0.493 e. The minimum absolute atomic E-state index is 0.170. The van der Waals surface area contributed by atoms with E-state index in [1.54, 1.807) is 49.6 Å². The maximum Gasteiger partial charge on any atom is 0.338 e. The molecule has 2 aliphatic heterocycles. The molecule has 0 saturated carbocycles. The molecule has 0 unspecified atom stereocenters. The average Bonchev–Trinajstić information content (AvgIpc) is 3.41. The van der Waals surface area contributed by atoms with Gasteiger partial charge in [0.25, 0.3) is 5.56 Å². The molecule has 4 aromatic carbocycles. The van der Waals surface area contributed by atoms with Crippen molar-refractivity contribution in [1.29, 1.82) is 0 Å². The number of benzene rings is 4. The average molecular weight is 662 g/mol. The van der Waals surface area contributed by atoms with Crippen LogP contribution in [0.5, 0.6) is 11.5 Å². The topological polar surface area (TPSA) is 82.4 Å². The molecule has 0 saturated heterocycles. The van der Waals surface area contributed by atoms with E-state index in [9.17, 15) is 9.59 Å². The molecule has 0 amide bonds. The second kappa shape index (κ2) is 12.6. The van der Waals surface area contributed by atoms with Gasteiger partial charge < -0.3 is 19.1 Å². The minimum atomic E-state index is -0.827. The molecular weight excluding hydrogens is 631 g/mol. The molecule has 0 fully saturated rings. The summed E-state index contributed by atoms with van der Waals surface area (Å²) in [5.74, 6) is 0.471. The van der Waals surface area contributed by atoms with Crippen LogP contribution >= 0.6 is 23.1 Å². The highest BCUT2D eigenvalue weighted by Crippen LogP contribution is 2.47. The van der Waals surface area contributed by atoms with Crippen molar-refractivity contribution in [3.05, 3.63) is 133 Å². The number of fused-ring (bicyclic) bond motifs is 3. The molecule has 3 heterocycles. The molecule has 7 rings (SSSR count). The number of thiazole rings is 1. The highest BCUT2D eigenvalue weighted by atomic mass is 32.2. The fourth-order valence-corrected chi connectivity index (χ4v) is 8.18. The van der Waals surface area contributed by atoms with Gasteiger partial charge in [-0.15, -0.1) is 0 Å². The van der Waals surface area contributed by atoms with Crippen molar-refractivity contribution in [2.45, 2.75) is 22.8 Å². The van der Waals surface area contributed by atoms with Crippen LogP contribution in [-0.2, 0) is 9.53 Å². The third-order valence-corrected chi connectivity index (χ3v) is 10.3. The second-order valence-electron chi connectivity index (χ2n) is 10.9. The molecular formula is C37H31N3O5S2. The van der Waals surface area contributed by atoms with Gasteiger partial charge in [-0.2, -0.15) is 0 Å². The van der Waals surface area contributed by atoms with Crippen molar-refractivity contribution in [1.82, 2.24) is 4.57 Å². The zero-order chi connectivity index (χ0) is 32.7. The van der Waals surface area contributed by atoms with E-state index in [0.717, 1.165) is 27.4 Å². The Bertz CT molecular complexity index is 2240. The van der Waals surface area contributed by atoms with E-state index in [4.69, 9.17) is 19.2 Å². The summed E-state index contributed by atoms with van der Waals surface area (Å²) in [6, 6.07) is 28.6. The molecule has 47 heavy (non-hydrogen) atoms. The van der Waals surface area contributed by atoms with Gasteiger partial charge in [0.15, 0.2) is 16.3 Å². The van der Waals surface area contributed by atoms with Gasteiger partial charge in [-0.25, -0.2) is 9.79 Å². The lowest BCUT2D eigenvalue weighted by Gasteiger charge is -2.29. The van der Waals surface area contributed by atoms with Crippen LogP contribution in [0.15, 0.2) is 116 Å². The van der Waals surface area contributed by atoms with Crippen molar-refractivity contribution in [2.24, 2.45) is 4.99 Å². The molecule has 10 heteroatoms. The second-order valence-corrected chi connectivity index (χ2v) is 13.0. The van der Waals surface area contributed by atoms with Crippen molar-refractivity contribution in [3.63, 3.8) is 0 Å². The van der Waals surface area contributed by atoms with E-state index in [-0.39, 0.29) is 17.7 Å². The van der Waals surface area contributed by atoms with Crippen LogP contribution in [0.3, 0.4) is 0 Å². The Balaban J connectivity index is 1.43. The zero-order valence-electron chi connectivity index (χ0n) is 26.2. The molecule has 0 N–H and O–H groups in total. The van der Waals surface area contributed by atoms with Crippen LogP contribution in [0.25, 0.3) is 11.8 Å². The summed E-state index contributed by atoms with van der Waals surface area (Å²) in [7, 11) is 5.18. The first kappa shape index (κ1) is 30.6. The number of rotatable bonds is 7. The number of methoxy groups -OCH3 is 2. The summed E-state index contributed by atoms with van der Waals surface area (Å²) in [5, 5.41) is 0. The maximum atomic E-state index is 14.4. The number of carbonyl (C=O) groups is 1. The van der Waals surface area contributed by atoms with Crippen LogP contribution in [-0.4, -0.2) is 38.4 Å². The number of anilines is 2. The molecule has 0 spiro atoms. The monoisotopic (exact) mass is 661 g/mol. The van der Waals surface area contributed by atoms with Crippen LogP contribution < -0.4 is 29.3 Å². The predicted octanol–water partition coefficient (Wildman–Crippen LogP) is 6.19. The molecule has 0 radical (unpaired) electrons. The van der Waals surface area contributed by atoms with Crippen LogP contribution in [0.4, 0.5) is 11.4 Å². The number of para-hydroxylation sites is 1. The van der Waals surface area contributed by atoms with Gasteiger partial charge in [-0.1, -0.05) is 77.7 Å². The standard InChI is InChI=1S/C37H31N3O5S2/c1-5-45-36(42)32-33(23-11-7-6-8-12-23)38-37-40(34(32)24-16-18-27(43-3)28(21-24)44-4)35(41)31(47-37)20-22-15-17-26-30(19-22)46-29-14-10-9-13-25(29)39(26)2/h6-21,34H,5H2,1-4H3/b31-20+/t34-/m1/s1. The van der Waals surface area contributed by atoms with E-state index >= 15 is 0 Å². The summed E-state index contributed by atoms with van der Waals surface area (Å²) >= 11 is 3.01. The fourth-order valence-electron chi connectivity index (χ4n) is 5.98. The lowest BCUT2D eigenvalue weighted by atomic mass is 9.93. The van der Waals surface area contributed by atoms with Crippen LogP contribution in [0.1, 0.15) is 29.7 Å². The normalized spacial score (nSPS) is 15.4. The van der Waals surface area contributed by atoms with Gasteiger partial charge in [-0.05, 0) is 60.5 Å². The van der Waals surface area contributed by atoms with Gasteiger partial charge >= 0.3 is 5.97 Å². The first-order valence-electron chi connectivity index (χ1n) is 15.1. The summed E-state index contributed by atoms with van der Waals surface area (Å²) in [4.78, 5) is 38.1. The van der Waals surface area contributed by atoms with Crippen LogP contribution in [0.2, 0.25) is 0 Å².